The molecule has 96 valence electrons. The van der Waals surface area contributed by atoms with Crippen LogP contribution in [-0.2, 0) is 0 Å². The Kier molecular flexibility index (Phi) is 3.29. The average Bonchev–Trinajstić information content (AvgIpc) is 2.98. The minimum Gasteiger partial charge on any atom is -0.346 e. The van der Waals surface area contributed by atoms with E-state index in [2.05, 4.69) is 41.2 Å². The predicted octanol–water partition coefficient (Wildman–Crippen LogP) is 2.38. The maximum Gasteiger partial charge on any atom is 0.223 e. The molecule has 0 aliphatic carbocycles. The lowest BCUT2D eigenvalue weighted by atomic mass is 9.98. The van der Waals surface area contributed by atoms with Crippen LogP contribution in [-0.4, -0.2) is 33.4 Å². The van der Waals surface area contributed by atoms with Gasteiger partial charge in [-0.15, -0.1) is 10.2 Å². The van der Waals surface area contributed by atoms with Gasteiger partial charge in [-0.1, -0.05) is 16.5 Å². The fourth-order valence-corrected chi connectivity index (χ4v) is 3.29. The van der Waals surface area contributed by atoms with Crippen molar-refractivity contribution in [1.29, 1.82) is 0 Å². The third kappa shape index (κ3) is 2.39. The summed E-state index contributed by atoms with van der Waals surface area (Å²) in [5.74, 6) is 1.75. The van der Waals surface area contributed by atoms with E-state index in [9.17, 15) is 0 Å². The Bertz CT molecular complexity index is 496. The standard InChI is InChI=1S/C10H12BrN5OS/c1-6-12-8(15-17-6)7-3-2-4-16(5-7)10-14-13-9(11)18-10/h7H,2-5H2,1H3/t7-/m0/s1. The van der Waals surface area contributed by atoms with Crippen molar-refractivity contribution in [2.75, 3.05) is 18.0 Å². The van der Waals surface area contributed by atoms with Crippen molar-refractivity contribution in [2.45, 2.75) is 25.7 Å². The molecule has 0 aromatic carbocycles. The molecule has 6 nitrogen and oxygen atoms in total. The maximum atomic E-state index is 5.05. The number of nitrogens with zero attached hydrogens (tertiary/aromatic N) is 5. The number of halogens is 1. The molecule has 0 amide bonds. The molecule has 0 bridgehead atoms. The summed E-state index contributed by atoms with van der Waals surface area (Å²) in [6, 6.07) is 0. The van der Waals surface area contributed by atoms with Gasteiger partial charge in [0.2, 0.25) is 11.0 Å². The van der Waals surface area contributed by atoms with Crippen LogP contribution in [0.3, 0.4) is 0 Å². The van der Waals surface area contributed by atoms with Crippen molar-refractivity contribution in [3.8, 4) is 0 Å². The van der Waals surface area contributed by atoms with Gasteiger partial charge < -0.3 is 9.42 Å². The van der Waals surface area contributed by atoms with Gasteiger partial charge in [0.1, 0.15) is 0 Å². The minimum absolute atomic E-state index is 0.318. The molecule has 0 unspecified atom stereocenters. The summed E-state index contributed by atoms with van der Waals surface area (Å²) in [6.45, 7) is 3.70. The lowest BCUT2D eigenvalue weighted by Crippen LogP contribution is -2.34. The van der Waals surface area contributed by atoms with Gasteiger partial charge in [0, 0.05) is 25.9 Å². The van der Waals surface area contributed by atoms with E-state index in [0.29, 0.717) is 11.8 Å². The first-order valence-corrected chi connectivity index (χ1v) is 7.37. The molecule has 8 heteroatoms. The lowest BCUT2D eigenvalue weighted by molar-refractivity contribution is 0.377. The first-order chi connectivity index (χ1) is 8.72. The first kappa shape index (κ1) is 12.0. The van der Waals surface area contributed by atoms with Crippen LogP contribution in [0.2, 0.25) is 0 Å². The largest absolute Gasteiger partial charge is 0.346 e. The summed E-state index contributed by atoms with van der Waals surface area (Å²) in [7, 11) is 0. The van der Waals surface area contributed by atoms with Gasteiger partial charge in [-0.2, -0.15) is 4.98 Å². The van der Waals surface area contributed by atoms with Gasteiger partial charge >= 0.3 is 0 Å². The second-order valence-electron chi connectivity index (χ2n) is 4.29. The van der Waals surface area contributed by atoms with Crippen LogP contribution in [0.1, 0.15) is 30.5 Å². The Morgan fingerprint density at radius 1 is 1.44 bits per heavy atom. The molecule has 0 radical (unpaired) electrons. The highest BCUT2D eigenvalue weighted by Crippen LogP contribution is 2.31. The quantitative estimate of drug-likeness (QED) is 0.842. The molecule has 1 aliphatic heterocycles. The summed E-state index contributed by atoms with van der Waals surface area (Å²) < 4.78 is 5.87. The van der Waals surface area contributed by atoms with E-state index >= 15 is 0 Å². The van der Waals surface area contributed by atoms with E-state index < -0.39 is 0 Å². The second-order valence-corrected chi connectivity index (χ2v) is 6.53. The predicted molar refractivity (Wildman–Crippen MR) is 70.8 cm³/mol. The van der Waals surface area contributed by atoms with E-state index in [-0.39, 0.29) is 0 Å². The third-order valence-electron chi connectivity index (χ3n) is 2.99. The van der Waals surface area contributed by atoms with Gasteiger partial charge in [-0.3, -0.25) is 0 Å². The monoisotopic (exact) mass is 329 g/mol. The Labute approximate surface area is 117 Å². The van der Waals surface area contributed by atoms with Crippen LogP contribution in [0.5, 0.6) is 0 Å². The Balaban J connectivity index is 1.76. The molecule has 3 rings (SSSR count). The molecule has 2 aromatic rings. The molecule has 18 heavy (non-hydrogen) atoms. The maximum absolute atomic E-state index is 5.05. The van der Waals surface area contributed by atoms with E-state index in [4.69, 9.17) is 4.52 Å². The van der Waals surface area contributed by atoms with E-state index in [0.717, 1.165) is 40.8 Å². The van der Waals surface area contributed by atoms with Gasteiger partial charge in [0.05, 0.1) is 0 Å². The first-order valence-electron chi connectivity index (χ1n) is 5.76. The number of rotatable bonds is 2. The lowest BCUT2D eigenvalue weighted by Gasteiger charge is -2.30. The molecular formula is C10H12BrN5OS. The van der Waals surface area contributed by atoms with Crippen LogP contribution in [0.4, 0.5) is 5.13 Å². The molecule has 1 fully saturated rings. The van der Waals surface area contributed by atoms with Crippen molar-refractivity contribution in [3.63, 3.8) is 0 Å². The molecule has 1 atom stereocenters. The molecule has 0 spiro atoms. The summed E-state index contributed by atoms with van der Waals surface area (Å²) in [5.41, 5.74) is 0. The van der Waals surface area contributed by atoms with E-state index in [1.165, 1.54) is 0 Å². The van der Waals surface area contributed by atoms with Crippen LogP contribution < -0.4 is 4.90 Å². The van der Waals surface area contributed by atoms with Crippen molar-refractivity contribution >= 4 is 32.4 Å². The topological polar surface area (TPSA) is 67.9 Å². The normalized spacial score (nSPS) is 20.3. The van der Waals surface area contributed by atoms with Gasteiger partial charge in [-0.25, -0.2) is 0 Å². The molecule has 0 saturated carbocycles. The van der Waals surface area contributed by atoms with Gasteiger partial charge in [0.15, 0.2) is 9.74 Å². The number of anilines is 1. The van der Waals surface area contributed by atoms with E-state index in [1.54, 1.807) is 11.3 Å². The summed E-state index contributed by atoms with van der Waals surface area (Å²) >= 11 is 4.89. The number of piperidine rings is 1. The Morgan fingerprint density at radius 2 is 2.33 bits per heavy atom. The Morgan fingerprint density at radius 3 is 3.00 bits per heavy atom. The third-order valence-corrected chi connectivity index (χ3v) is 4.41. The fraction of sp³-hybridized carbons (Fsp3) is 0.600. The zero-order chi connectivity index (χ0) is 12.5. The van der Waals surface area contributed by atoms with Crippen molar-refractivity contribution in [3.05, 3.63) is 15.6 Å². The number of aromatic nitrogens is 4. The highest BCUT2D eigenvalue weighted by atomic mass is 79.9. The smallest absolute Gasteiger partial charge is 0.223 e. The zero-order valence-electron chi connectivity index (χ0n) is 9.84. The Hall–Kier alpha value is -1.02. The SMILES string of the molecule is Cc1nc([C@H]2CCCN(c3nnc(Br)s3)C2)no1. The molecule has 3 heterocycles. The molecule has 0 N–H and O–H groups in total. The number of aryl methyl sites for hydroxylation is 1. The van der Waals surface area contributed by atoms with Gasteiger partial charge in [-0.05, 0) is 28.8 Å². The summed E-state index contributed by atoms with van der Waals surface area (Å²) in [4.78, 5) is 6.56. The second kappa shape index (κ2) is 4.93. The average molecular weight is 330 g/mol. The highest BCUT2D eigenvalue weighted by molar-refractivity contribution is 9.11. The van der Waals surface area contributed by atoms with Crippen molar-refractivity contribution in [1.82, 2.24) is 20.3 Å². The van der Waals surface area contributed by atoms with Crippen LogP contribution in [0.15, 0.2) is 8.44 Å². The minimum atomic E-state index is 0.318. The summed E-state index contributed by atoms with van der Waals surface area (Å²) in [5, 5.41) is 13.1. The van der Waals surface area contributed by atoms with Crippen molar-refractivity contribution < 1.29 is 4.52 Å². The molecule has 2 aromatic heterocycles. The van der Waals surface area contributed by atoms with Crippen LogP contribution >= 0.6 is 27.3 Å². The van der Waals surface area contributed by atoms with Crippen LogP contribution in [0.25, 0.3) is 0 Å². The number of hydrogen-bond acceptors (Lipinski definition) is 7. The number of hydrogen-bond donors (Lipinski definition) is 0. The zero-order valence-corrected chi connectivity index (χ0v) is 12.2. The highest BCUT2D eigenvalue weighted by Gasteiger charge is 2.26. The molecular weight excluding hydrogens is 318 g/mol. The van der Waals surface area contributed by atoms with Crippen LogP contribution in [0, 0.1) is 6.92 Å². The van der Waals surface area contributed by atoms with E-state index in [1.807, 2.05) is 6.92 Å². The van der Waals surface area contributed by atoms with Crippen molar-refractivity contribution in [2.24, 2.45) is 0 Å². The van der Waals surface area contributed by atoms with Gasteiger partial charge in [0.25, 0.3) is 0 Å². The molecule has 1 aliphatic rings. The molecule has 1 saturated heterocycles. The fourth-order valence-electron chi connectivity index (χ4n) is 2.17. The summed E-state index contributed by atoms with van der Waals surface area (Å²) in [6.07, 6.45) is 2.20.